The molecule has 1 unspecified atom stereocenters. The Morgan fingerprint density at radius 3 is 2.32 bits per heavy atom. The van der Waals surface area contributed by atoms with Gasteiger partial charge in [0.25, 0.3) is 0 Å². The van der Waals surface area contributed by atoms with Gasteiger partial charge in [-0.15, -0.1) is 5.73 Å². The number of allylic oxidation sites excluding steroid dienone is 2. The molecular formula is C18H15Br. The maximum absolute atomic E-state index is 3.67. The summed E-state index contributed by atoms with van der Waals surface area (Å²) < 4.78 is 1.09. The zero-order valence-corrected chi connectivity index (χ0v) is 12.2. The first-order chi connectivity index (χ1) is 9.29. The fourth-order valence-corrected chi connectivity index (χ4v) is 2.12. The van der Waals surface area contributed by atoms with Crippen molar-refractivity contribution < 1.29 is 0 Å². The molecule has 0 N–H and O–H groups in total. The molecule has 0 nitrogen and oxygen atoms in total. The van der Waals surface area contributed by atoms with E-state index in [0.29, 0.717) is 0 Å². The molecule has 2 aromatic carbocycles. The molecule has 0 amide bonds. The Balaban J connectivity index is 2.24. The van der Waals surface area contributed by atoms with Gasteiger partial charge in [-0.25, -0.2) is 0 Å². The lowest BCUT2D eigenvalue weighted by Gasteiger charge is -2.07. The highest BCUT2D eigenvalue weighted by atomic mass is 79.9. The average Bonchev–Trinajstić information content (AvgIpc) is 2.46. The summed E-state index contributed by atoms with van der Waals surface area (Å²) in [6, 6.07) is 18.6. The van der Waals surface area contributed by atoms with Gasteiger partial charge in [-0.05, 0) is 29.3 Å². The minimum atomic E-state index is 0.200. The van der Waals surface area contributed by atoms with E-state index in [4.69, 9.17) is 0 Å². The molecule has 0 aliphatic heterocycles. The zero-order valence-electron chi connectivity index (χ0n) is 10.6. The smallest absolute Gasteiger partial charge is 0.0277 e. The van der Waals surface area contributed by atoms with E-state index in [1.807, 2.05) is 24.3 Å². The van der Waals surface area contributed by atoms with Crippen molar-refractivity contribution in [2.45, 2.75) is 5.92 Å². The van der Waals surface area contributed by atoms with Crippen molar-refractivity contribution in [3.8, 4) is 0 Å². The summed E-state index contributed by atoms with van der Waals surface area (Å²) in [5, 5.41) is 0. The van der Waals surface area contributed by atoms with Crippen molar-refractivity contribution >= 4 is 22.0 Å². The second-order valence-corrected chi connectivity index (χ2v) is 5.13. The summed E-state index contributed by atoms with van der Waals surface area (Å²) in [6.07, 6.45) is 6.26. The molecule has 0 bridgehead atoms. The summed E-state index contributed by atoms with van der Waals surface area (Å²) in [5.74, 6) is 0.200. The summed E-state index contributed by atoms with van der Waals surface area (Å²) >= 11 is 3.45. The largest absolute Gasteiger partial charge is 0.132 e. The lowest BCUT2D eigenvalue weighted by atomic mass is 9.98. The Morgan fingerprint density at radius 2 is 1.68 bits per heavy atom. The lowest BCUT2D eigenvalue weighted by Crippen LogP contribution is -1.90. The molecule has 1 atom stereocenters. The molecule has 0 saturated heterocycles. The second-order valence-electron chi connectivity index (χ2n) is 4.22. The molecule has 0 heterocycles. The van der Waals surface area contributed by atoms with Crippen LogP contribution in [0.1, 0.15) is 17.0 Å². The highest BCUT2D eigenvalue weighted by molar-refractivity contribution is 9.10. The summed E-state index contributed by atoms with van der Waals surface area (Å²) in [7, 11) is 0. The Hall–Kier alpha value is -1.82. The molecule has 0 fully saturated rings. The van der Waals surface area contributed by atoms with Crippen LogP contribution in [0, 0.1) is 0 Å². The van der Waals surface area contributed by atoms with Gasteiger partial charge in [0.1, 0.15) is 0 Å². The third kappa shape index (κ3) is 4.10. The average molecular weight is 311 g/mol. The van der Waals surface area contributed by atoms with Gasteiger partial charge in [0, 0.05) is 10.4 Å². The standard InChI is InChI=1S/C18H15Br/c1-2-6-16(17-11-13-18(19)14-12-17)10-9-15-7-4-3-5-8-15/h3-14,16H,1H2. The normalized spacial score (nSPS) is 12.1. The van der Waals surface area contributed by atoms with E-state index in [2.05, 4.69) is 76.8 Å². The summed E-state index contributed by atoms with van der Waals surface area (Å²) in [5.41, 5.74) is 5.30. The van der Waals surface area contributed by atoms with Gasteiger partial charge in [0.2, 0.25) is 0 Å². The van der Waals surface area contributed by atoms with Crippen LogP contribution in [0.15, 0.2) is 83.5 Å². The van der Waals surface area contributed by atoms with Gasteiger partial charge in [-0.2, -0.15) is 0 Å². The van der Waals surface area contributed by atoms with Crippen molar-refractivity contribution in [3.63, 3.8) is 0 Å². The Morgan fingerprint density at radius 1 is 1.00 bits per heavy atom. The van der Waals surface area contributed by atoms with Gasteiger partial charge in [-0.1, -0.05) is 77.1 Å². The zero-order chi connectivity index (χ0) is 13.5. The van der Waals surface area contributed by atoms with E-state index in [1.54, 1.807) is 0 Å². The first kappa shape index (κ1) is 13.6. The first-order valence-electron chi connectivity index (χ1n) is 6.14. The van der Waals surface area contributed by atoms with E-state index in [-0.39, 0.29) is 5.92 Å². The van der Waals surface area contributed by atoms with Crippen LogP contribution in [0.25, 0.3) is 6.08 Å². The molecule has 0 aliphatic rings. The maximum Gasteiger partial charge on any atom is 0.0277 e. The van der Waals surface area contributed by atoms with E-state index in [9.17, 15) is 0 Å². The predicted octanol–water partition coefficient (Wildman–Crippen LogP) is 5.59. The van der Waals surface area contributed by atoms with Crippen molar-refractivity contribution in [2.75, 3.05) is 0 Å². The SMILES string of the molecule is C=C=CC(C=Cc1ccccc1)c1ccc(Br)cc1. The number of hydrogen-bond acceptors (Lipinski definition) is 0. The molecular weight excluding hydrogens is 296 g/mol. The van der Waals surface area contributed by atoms with Crippen molar-refractivity contribution in [2.24, 2.45) is 0 Å². The van der Waals surface area contributed by atoms with E-state index in [1.165, 1.54) is 11.1 Å². The van der Waals surface area contributed by atoms with E-state index in [0.717, 1.165) is 4.47 Å². The van der Waals surface area contributed by atoms with Gasteiger partial charge in [0.15, 0.2) is 0 Å². The van der Waals surface area contributed by atoms with Crippen LogP contribution in [0.4, 0.5) is 0 Å². The fourth-order valence-electron chi connectivity index (χ4n) is 1.85. The van der Waals surface area contributed by atoms with Crippen molar-refractivity contribution in [1.29, 1.82) is 0 Å². The van der Waals surface area contributed by atoms with Crippen LogP contribution >= 0.6 is 15.9 Å². The molecule has 0 saturated carbocycles. The summed E-state index contributed by atoms with van der Waals surface area (Å²) in [6.45, 7) is 3.67. The third-order valence-corrected chi connectivity index (χ3v) is 3.38. The minimum Gasteiger partial charge on any atom is -0.132 e. The van der Waals surface area contributed by atoms with Crippen LogP contribution in [0.3, 0.4) is 0 Å². The predicted molar refractivity (Wildman–Crippen MR) is 86.1 cm³/mol. The highest BCUT2D eigenvalue weighted by Gasteiger charge is 2.03. The van der Waals surface area contributed by atoms with Crippen LogP contribution < -0.4 is 0 Å². The van der Waals surface area contributed by atoms with Crippen LogP contribution in [-0.2, 0) is 0 Å². The van der Waals surface area contributed by atoms with E-state index >= 15 is 0 Å². The van der Waals surface area contributed by atoms with Crippen molar-refractivity contribution in [3.05, 3.63) is 94.7 Å². The van der Waals surface area contributed by atoms with Gasteiger partial charge in [-0.3, -0.25) is 0 Å². The molecule has 19 heavy (non-hydrogen) atoms. The first-order valence-corrected chi connectivity index (χ1v) is 6.93. The fraction of sp³-hybridized carbons (Fsp3) is 0.0556. The quantitative estimate of drug-likeness (QED) is 0.646. The van der Waals surface area contributed by atoms with Gasteiger partial charge in [0.05, 0.1) is 0 Å². The topological polar surface area (TPSA) is 0 Å². The number of halogens is 1. The van der Waals surface area contributed by atoms with Crippen molar-refractivity contribution in [1.82, 2.24) is 0 Å². The third-order valence-electron chi connectivity index (χ3n) is 2.85. The molecule has 0 aromatic heterocycles. The Bertz CT molecular complexity index is 587. The molecule has 0 aliphatic carbocycles. The Labute approximate surface area is 122 Å². The number of benzene rings is 2. The molecule has 1 heteroatoms. The second kappa shape index (κ2) is 6.94. The van der Waals surface area contributed by atoms with Crippen LogP contribution in [0.5, 0.6) is 0 Å². The molecule has 0 radical (unpaired) electrons. The highest BCUT2D eigenvalue weighted by Crippen LogP contribution is 2.22. The number of hydrogen-bond donors (Lipinski definition) is 0. The van der Waals surface area contributed by atoms with Crippen LogP contribution in [-0.4, -0.2) is 0 Å². The van der Waals surface area contributed by atoms with Gasteiger partial charge < -0.3 is 0 Å². The minimum absolute atomic E-state index is 0.200. The molecule has 2 rings (SSSR count). The molecule has 0 spiro atoms. The lowest BCUT2D eigenvalue weighted by molar-refractivity contribution is 1.09. The Kier molecular flexibility index (Phi) is 4.97. The molecule has 94 valence electrons. The van der Waals surface area contributed by atoms with Crippen LogP contribution in [0.2, 0.25) is 0 Å². The molecule has 2 aromatic rings. The van der Waals surface area contributed by atoms with Gasteiger partial charge >= 0.3 is 0 Å². The number of rotatable bonds is 4. The summed E-state index contributed by atoms with van der Waals surface area (Å²) in [4.78, 5) is 0. The maximum atomic E-state index is 3.67. The monoisotopic (exact) mass is 310 g/mol. The van der Waals surface area contributed by atoms with E-state index < -0.39 is 0 Å².